The van der Waals surface area contributed by atoms with E-state index in [1.54, 1.807) is 0 Å². The molecule has 2 fully saturated rings. The lowest BCUT2D eigenvalue weighted by Crippen LogP contribution is -2.52. The highest BCUT2D eigenvalue weighted by Gasteiger charge is 2.42. The molecule has 0 amide bonds. The van der Waals surface area contributed by atoms with Crippen LogP contribution in [-0.4, -0.2) is 35.2 Å². The van der Waals surface area contributed by atoms with Gasteiger partial charge in [0.15, 0.2) is 0 Å². The van der Waals surface area contributed by atoms with Gasteiger partial charge in [-0.1, -0.05) is 31.0 Å². The van der Waals surface area contributed by atoms with Crippen LogP contribution in [0, 0.1) is 5.92 Å². The van der Waals surface area contributed by atoms with Crippen LogP contribution in [-0.2, 0) is 13.0 Å². The second kappa shape index (κ2) is 5.29. The average molecular weight is 286 g/mol. The monoisotopic (exact) mass is 286 g/mol. The second-order valence-corrected chi connectivity index (χ2v) is 7.16. The van der Waals surface area contributed by atoms with Crippen molar-refractivity contribution in [2.75, 3.05) is 25.0 Å². The Morgan fingerprint density at radius 2 is 2.24 bits per heavy atom. The standard InChI is InChI=1S/C18H26N2O/c21-18-8-2-1-6-16(18)13-20(11-9-18)12-15-5-3-4-14-7-10-19-17(14)15/h3-5,16,19,21H,1-2,6-13H2. The van der Waals surface area contributed by atoms with Crippen molar-refractivity contribution in [3.05, 3.63) is 29.3 Å². The van der Waals surface area contributed by atoms with Crippen molar-refractivity contribution >= 4 is 5.69 Å². The Bertz CT molecular complexity index is 530. The summed E-state index contributed by atoms with van der Waals surface area (Å²) in [6.07, 6.45) is 6.85. The maximum atomic E-state index is 10.8. The first kappa shape index (κ1) is 13.6. The minimum absolute atomic E-state index is 0.356. The minimum atomic E-state index is -0.356. The lowest BCUT2D eigenvalue weighted by Gasteiger charge is -2.47. The van der Waals surface area contributed by atoms with Gasteiger partial charge in [-0.05, 0) is 36.8 Å². The summed E-state index contributed by atoms with van der Waals surface area (Å²) in [6.45, 7) is 4.22. The Kier molecular flexibility index (Phi) is 3.43. The van der Waals surface area contributed by atoms with Gasteiger partial charge in [-0.2, -0.15) is 0 Å². The summed E-state index contributed by atoms with van der Waals surface area (Å²) in [7, 11) is 0. The van der Waals surface area contributed by atoms with Crippen LogP contribution in [0.2, 0.25) is 0 Å². The predicted molar refractivity (Wildman–Crippen MR) is 85.4 cm³/mol. The molecule has 21 heavy (non-hydrogen) atoms. The van der Waals surface area contributed by atoms with Gasteiger partial charge in [-0.3, -0.25) is 4.90 Å². The second-order valence-electron chi connectivity index (χ2n) is 7.16. The van der Waals surface area contributed by atoms with E-state index in [-0.39, 0.29) is 5.60 Å². The van der Waals surface area contributed by atoms with Crippen LogP contribution in [0.5, 0.6) is 0 Å². The molecule has 2 aliphatic heterocycles. The lowest BCUT2D eigenvalue weighted by molar-refractivity contribution is -0.0967. The van der Waals surface area contributed by atoms with Crippen LogP contribution >= 0.6 is 0 Å². The molecule has 2 heterocycles. The van der Waals surface area contributed by atoms with Gasteiger partial charge in [-0.25, -0.2) is 0 Å². The van der Waals surface area contributed by atoms with Crippen LogP contribution in [0.25, 0.3) is 0 Å². The zero-order valence-corrected chi connectivity index (χ0v) is 12.8. The summed E-state index contributed by atoms with van der Waals surface area (Å²) in [5.41, 5.74) is 3.93. The molecule has 2 unspecified atom stereocenters. The summed E-state index contributed by atoms with van der Waals surface area (Å²) >= 11 is 0. The molecule has 3 nitrogen and oxygen atoms in total. The van der Waals surface area contributed by atoms with Gasteiger partial charge in [0.05, 0.1) is 5.60 Å². The molecule has 3 aliphatic rings. The molecule has 1 aliphatic carbocycles. The summed E-state index contributed by atoms with van der Waals surface area (Å²) in [6, 6.07) is 6.70. The van der Waals surface area contributed by atoms with Gasteiger partial charge in [0, 0.05) is 37.8 Å². The molecule has 3 heteroatoms. The Morgan fingerprint density at radius 3 is 3.19 bits per heavy atom. The van der Waals surface area contributed by atoms with Crippen molar-refractivity contribution in [2.45, 2.75) is 50.7 Å². The Labute approximate surface area is 127 Å². The Hall–Kier alpha value is -1.06. The minimum Gasteiger partial charge on any atom is -0.390 e. The number of likely N-dealkylation sites (tertiary alicyclic amines) is 1. The van der Waals surface area contributed by atoms with E-state index in [0.717, 1.165) is 45.4 Å². The number of aliphatic hydroxyl groups is 1. The van der Waals surface area contributed by atoms with Crippen molar-refractivity contribution in [1.82, 2.24) is 4.90 Å². The fourth-order valence-corrected chi connectivity index (χ4v) is 4.57. The third kappa shape index (κ3) is 2.47. The SMILES string of the molecule is OC12CCCCC1CN(Cc1cccc3c1NCC3)CC2. The van der Waals surface area contributed by atoms with Crippen molar-refractivity contribution in [3.63, 3.8) is 0 Å². The highest BCUT2D eigenvalue weighted by atomic mass is 16.3. The first-order valence-corrected chi connectivity index (χ1v) is 8.54. The Balaban J connectivity index is 1.48. The van der Waals surface area contributed by atoms with Crippen molar-refractivity contribution in [3.8, 4) is 0 Å². The zero-order valence-electron chi connectivity index (χ0n) is 12.8. The summed E-state index contributed by atoms with van der Waals surface area (Å²) < 4.78 is 0. The van der Waals surface area contributed by atoms with Crippen LogP contribution in [0.15, 0.2) is 18.2 Å². The van der Waals surface area contributed by atoms with Gasteiger partial charge in [0.2, 0.25) is 0 Å². The van der Waals surface area contributed by atoms with Gasteiger partial charge in [0.1, 0.15) is 0 Å². The summed E-state index contributed by atoms with van der Waals surface area (Å²) in [5, 5.41) is 14.3. The molecule has 0 radical (unpaired) electrons. The molecule has 2 N–H and O–H groups in total. The number of hydrogen-bond donors (Lipinski definition) is 2. The lowest BCUT2D eigenvalue weighted by atomic mass is 9.71. The van der Waals surface area contributed by atoms with E-state index in [2.05, 4.69) is 28.4 Å². The predicted octanol–water partition coefficient (Wildman–Crippen LogP) is 2.78. The molecule has 4 rings (SSSR count). The molecule has 1 saturated carbocycles. The zero-order chi connectivity index (χ0) is 14.3. The van der Waals surface area contributed by atoms with E-state index in [4.69, 9.17) is 0 Å². The number of nitrogens with one attached hydrogen (secondary N) is 1. The maximum Gasteiger partial charge on any atom is 0.0700 e. The normalized spacial score (nSPS) is 32.3. The number of piperidine rings is 1. The third-order valence-corrected chi connectivity index (χ3v) is 5.84. The quantitative estimate of drug-likeness (QED) is 0.877. The van der Waals surface area contributed by atoms with E-state index in [0.29, 0.717) is 5.92 Å². The van der Waals surface area contributed by atoms with Gasteiger partial charge in [0.25, 0.3) is 0 Å². The first-order valence-electron chi connectivity index (χ1n) is 8.54. The van der Waals surface area contributed by atoms with Gasteiger partial charge in [-0.15, -0.1) is 0 Å². The molecule has 1 aromatic rings. The highest BCUT2D eigenvalue weighted by Crippen LogP contribution is 2.40. The smallest absolute Gasteiger partial charge is 0.0700 e. The molecule has 1 aromatic carbocycles. The first-order chi connectivity index (χ1) is 10.2. The summed E-state index contributed by atoms with van der Waals surface area (Å²) in [4.78, 5) is 2.56. The number of hydrogen-bond acceptors (Lipinski definition) is 3. The molecule has 0 bridgehead atoms. The number of rotatable bonds is 2. The molecule has 0 spiro atoms. The van der Waals surface area contributed by atoms with E-state index >= 15 is 0 Å². The maximum absolute atomic E-state index is 10.8. The third-order valence-electron chi connectivity index (χ3n) is 5.84. The van der Waals surface area contributed by atoms with E-state index in [1.807, 2.05) is 0 Å². The van der Waals surface area contributed by atoms with Crippen molar-refractivity contribution in [1.29, 1.82) is 0 Å². The van der Waals surface area contributed by atoms with Crippen molar-refractivity contribution < 1.29 is 5.11 Å². The number of para-hydroxylation sites is 1. The van der Waals surface area contributed by atoms with E-state index < -0.39 is 0 Å². The van der Waals surface area contributed by atoms with Crippen LogP contribution in [0.1, 0.15) is 43.2 Å². The van der Waals surface area contributed by atoms with Crippen LogP contribution < -0.4 is 5.32 Å². The Morgan fingerprint density at radius 1 is 1.29 bits per heavy atom. The molecule has 1 saturated heterocycles. The van der Waals surface area contributed by atoms with Gasteiger partial charge >= 0.3 is 0 Å². The highest BCUT2D eigenvalue weighted by molar-refractivity contribution is 5.61. The number of fused-ring (bicyclic) bond motifs is 2. The fraction of sp³-hybridized carbons (Fsp3) is 0.667. The number of benzene rings is 1. The average Bonchev–Trinajstić information content (AvgIpc) is 2.97. The van der Waals surface area contributed by atoms with E-state index in [9.17, 15) is 5.11 Å². The number of anilines is 1. The summed E-state index contributed by atoms with van der Waals surface area (Å²) in [5.74, 6) is 0.490. The van der Waals surface area contributed by atoms with E-state index in [1.165, 1.54) is 36.1 Å². The molecule has 114 valence electrons. The molecule has 0 aromatic heterocycles. The van der Waals surface area contributed by atoms with Crippen LogP contribution in [0.4, 0.5) is 5.69 Å². The van der Waals surface area contributed by atoms with Gasteiger partial charge < -0.3 is 10.4 Å². The fourth-order valence-electron chi connectivity index (χ4n) is 4.57. The van der Waals surface area contributed by atoms with Crippen LogP contribution in [0.3, 0.4) is 0 Å². The molecule has 2 atom stereocenters. The topological polar surface area (TPSA) is 35.5 Å². The van der Waals surface area contributed by atoms with Crippen molar-refractivity contribution in [2.24, 2.45) is 5.92 Å². The molecular weight excluding hydrogens is 260 g/mol. The largest absolute Gasteiger partial charge is 0.390 e. The molecular formula is C18H26N2O. The number of nitrogens with zero attached hydrogens (tertiary/aromatic N) is 1.